The van der Waals surface area contributed by atoms with Gasteiger partial charge in [-0.2, -0.15) is 0 Å². The minimum Gasteiger partial charge on any atom is -0.290 e. The Balaban J connectivity index is 2.78. The molecule has 0 radical (unpaired) electrons. The van der Waals surface area contributed by atoms with Gasteiger partial charge in [-0.25, -0.2) is 0 Å². The van der Waals surface area contributed by atoms with Gasteiger partial charge in [-0.1, -0.05) is 22.0 Å². The molecule has 0 spiro atoms. The molecule has 1 unspecified atom stereocenters. The molecule has 1 nitrogen and oxygen atoms in total. The lowest BCUT2D eigenvalue weighted by Gasteiger charge is -2.18. The number of hydrogen-bond acceptors (Lipinski definition) is 1. The molecule has 1 atom stereocenters. The van der Waals surface area contributed by atoms with Crippen molar-refractivity contribution < 1.29 is 0 Å². The molecule has 0 fully saturated rings. The maximum Gasteiger partial charge on any atom is 0.0617 e. The van der Waals surface area contributed by atoms with Crippen molar-refractivity contribution in [2.24, 2.45) is 4.99 Å². The number of dihydropyridines is 1. The van der Waals surface area contributed by atoms with E-state index >= 15 is 0 Å². The van der Waals surface area contributed by atoms with E-state index in [9.17, 15) is 0 Å². The molecule has 9 heavy (non-hydrogen) atoms. The third-order valence-corrected chi connectivity index (χ3v) is 1.97. The lowest BCUT2D eigenvalue weighted by atomic mass is 10.1. The molecule has 0 saturated heterocycles. The summed E-state index contributed by atoms with van der Waals surface area (Å²) in [5.74, 6) is 0. The molecule has 0 aromatic carbocycles. The highest BCUT2D eigenvalue weighted by Crippen LogP contribution is 2.25. The van der Waals surface area contributed by atoms with Crippen LogP contribution in [0, 0.1) is 0 Å². The maximum absolute atomic E-state index is 4.12. The number of aliphatic imine (C=N–C) groups is 1. The molecule has 0 aliphatic carbocycles. The van der Waals surface area contributed by atoms with Crippen molar-refractivity contribution in [2.75, 3.05) is 6.54 Å². The average molecular weight is 253 g/mol. The van der Waals surface area contributed by atoms with Gasteiger partial charge in [-0.15, -0.1) is 0 Å². The van der Waals surface area contributed by atoms with Crippen LogP contribution in [0.4, 0.5) is 0 Å². The Labute approximate surface area is 71.5 Å². The van der Waals surface area contributed by atoms with Gasteiger partial charge in [0.05, 0.1) is 10.9 Å². The number of halogens is 2. The van der Waals surface area contributed by atoms with Crippen molar-refractivity contribution in [2.45, 2.75) is 11.2 Å². The first kappa shape index (κ1) is 7.48. The summed E-state index contributed by atoms with van der Waals surface area (Å²) < 4.78 is 1.11. The number of nitrogens with zero attached hydrogens (tertiary/aromatic N) is 1. The minimum absolute atomic E-state index is 0.0561. The molecule has 1 aliphatic heterocycles. The number of hydrogen-bond donors (Lipinski definition) is 0. The Morgan fingerprint density at radius 2 is 2.44 bits per heavy atom. The standard InChI is InChI=1S/C6H7Br2N/c1-6(8)2-5(7)3-9-4-6/h2-3H,4H2,1H3. The van der Waals surface area contributed by atoms with Gasteiger partial charge in [0.2, 0.25) is 0 Å². The van der Waals surface area contributed by atoms with Gasteiger partial charge < -0.3 is 0 Å². The van der Waals surface area contributed by atoms with Crippen LogP contribution < -0.4 is 0 Å². The molecule has 0 aromatic rings. The second-order valence-corrected chi connectivity index (χ2v) is 5.00. The molecule has 3 heteroatoms. The van der Waals surface area contributed by atoms with Crippen LogP contribution in [0.2, 0.25) is 0 Å². The predicted octanol–water partition coefficient (Wildman–Crippen LogP) is 2.50. The monoisotopic (exact) mass is 251 g/mol. The molecule has 1 heterocycles. The molecule has 0 aromatic heterocycles. The summed E-state index contributed by atoms with van der Waals surface area (Å²) in [4.78, 5) is 4.12. The third kappa shape index (κ3) is 2.22. The number of alkyl halides is 1. The summed E-state index contributed by atoms with van der Waals surface area (Å²) in [6.45, 7) is 2.91. The first-order valence-electron chi connectivity index (χ1n) is 2.67. The van der Waals surface area contributed by atoms with E-state index in [-0.39, 0.29) is 4.32 Å². The first-order valence-corrected chi connectivity index (χ1v) is 4.26. The highest BCUT2D eigenvalue weighted by molar-refractivity contribution is 9.12. The van der Waals surface area contributed by atoms with E-state index in [1.54, 1.807) is 0 Å². The van der Waals surface area contributed by atoms with E-state index in [4.69, 9.17) is 0 Å². The van der Waals surface area contributed by atoms with Crippen LogP contribution in [0.15, 0.2) is 15.6 Å². The fourth-order valence-corrected chi connectivity index (χ4v) is 2.03. The van der Waals surface area contributed by atoms with Crippen LogP contribution >= 0.6 is 31.9 Å². The molecule has 0 amide bonds. The van der Waals surface area contributed by atoms with Crippen molar-refractivity contribution in [3.05, 3.63) is 10.6 Å². The number of rotatable bonds is 0. The smallest absolute Gasteiger partial charge is 0.0617 e. The summed E-state index contributed by atoms with van der Waals surface area (Å²) in [5, 5.41) is 0. The Kier molecular flexibility index (Phi) is 2.11. The van der Waals surface area contributed by atoms with Crippen LogP contribution in [-0.2, 0) is 0 Å². The van der Waals surface area contributed by atoms with Crippen LogP contribution in [0.1, 0.15) is 6.92 Å². The topological polar surface area (TPSA) is 12.4 Å². The van der Waals surface area contributed by atoms with Crippen molar-refractivity contribution in [3.63, 3.8) is 0 Å². The van der Waals surface area contributed by atoms with Crippen molar-refractivity contribution in [3.8, 4) is 0 Å². The van der Waals surface area contributed by atoms with Gasteiger partial charge >= 0.3 is 0 Å². The summed E-state index contributed by atoms with van der Waals surface area (Å²) in [6.07, 6.45) is 3.92. The van der Waals surface area contributed by atoms with Crippen molar-refractivity contribution in [1.29, 1.82) is 0 Å². The summed E-state index contributed by atoms with van der Waals surface area (Å²) in [7, 11) is 0. The molecule has 0 saturated carbocycles. The Morgan fingerprint density at radius 1 is 1.78 bits per heavy atom. The van der Waals surface area contributed by atoms with Crippen LogP contribution in [0.5, 0.6) is 0 Å². The van der Waals surface area contributed by atoms with E-state index in [1.807, 2.05) is 6.21 Å². The molecule has 1 aliphatic rings. The fourth-order valence-electron chi connectivity index (χ4n) is 0.682. The van der Waals surface area contributed by atoms with Gasteiger partial charge in [-0.3, -0.25) is 4.99 Å². The van der Waals surface area contributed by atoms with Crippen LogP contribution in [-0.4, -0.2) is 17.1 Å². The second-order valence-electron chi connectivity index (χ2n) is 2.28. The van der Waals surface area contributed by atoms with Crippen molar-refractivity contribution in [1.82, 2.24) is 0 Å². The normalized spacial score (nSPS) is 34.3. The van der Waals surface area contributed by atoms with E-state index in [2.05, 4.69) is 49.9 Å². The van der Waals surface area contributed by atoms with Crippen LogP contribution in [0.25, 0.3) is 0 Å². The second kappa shape index (κ2) is 2.54. The highest BCUT2D eigenvalue weighted by atomic mass is 79.9. The highest BCUT2D eigenvalue weighted by Gasteiger charge is 2.18. The molecular formula is C6H7Br2N. The summed E-state index contributed by atoms with van der Waals surface area (Å²) in [5.41, 5.74) is 0. The molecular weight excluding hydrogens is 246 g/mol. The third-order valence-electron chi connectivity index (χ3n) is 1.05. The van der Waals surface area contributed by atoms with Gasteiger partial charge in [0.1, 0.15) is 0 Å². The molecule has 0 bridgehead atoms. The molecule has 0 N–H and O–H groups in total. The predicted molar refractivity (Wildman–Crippen MR) is 47.7 cm³/mol. The van der Waals surface area contributed by atoms with Crippen LogP contribution in [0.3, 0.4) is 0 Å². The van der Waals surface area contributed by atoms with E-state index in [0.717, 1.165) is 11.0 Å². The Bertz CT molecular complexity index is 170. The SMILES string of the molecule is CC1(Br)C=C(Br)C=NC1. The summed E-state index contributed by atoms with van der Waals surface area (Å²) in [6, 6.07) is 0. The maximum atomic E-state index is 4.12. The van der Waals surface area contributed by atoms with E-state index in [1.165, 1.54) is 0 Å². The molecule has 50 valence electrons. The summed E-state index contributed by atoms with van der Waals surface area (Å²) >= 11 is 6.86. The van der Waals surface area contributed by atoms with Gasteiger partial charge in [0.25, 0.3) is 0 Å². The Morgan fingerprint density at radius 3 is 2.78 bits per heavy atom. The van der Waals surface area contributed by atoms with Crippen molar-refractivity contribution >= 4 is 38.1 Å². The Hall–Kier alpha value is 0.370. The minimum atomic E-state index is 0.0561. The zero-order valence-electron chi connectivity index (χ0n) is 5.06. The van der Waals surface area contributed by atoms with Gasteiger partial charge in [-0.05, 0) is 22.9 Å². The lowest BCUT2D eigenvalue weighted by molar-refractivity contribution is 0.809. The number of allylic oxidation sites excluding steroid dienone is 1. The first-order chi connectivity index (χ1) is 4.10. The largest absolute Gasteiger partial charge is 0.290 e. The average Bonchev–Trinajstić information content (AvgIpc) is 1.60. The lowest BCUT2D eigenvalue weighted by Crippen LogP contribution is -2.19. The van der Waals surface area contributed by atoms with E-state index < -0.39 is 0 Å². The van der Waals surface area contributed by atoms with E-state index in [0.29, 0.717) is 0 Å². The zero-order chi connectivity index (χ0) is 6.91. The quantitative estimate of drug-likeness (QED) is 0.588. The molecule has 1 rings (SSSR count). The fraction of sp³-hybridized carbons (Fsp3) is 0.500. The van der Waals surface area contributed by atoms with Gasteiger partial charge in [0.15, 0.2) is 0 Å². The zero-order valence-corrected chi connectivity index (χ0v) is 8.24. The van der Waals surface area contributed by atoms with Gasteiger partial charge in [0, 0.05) is 10.7 Å².